The number of alkyl halides is 3. The summed E-state index contributed by atoms with van der Waals surface area (Å²) in [5.74, 6) is 0.0678. The Morgan fingerprint density at radius 3 is 2.29 bits per heavy atom. The lowest BCUT2D eigenvalue weighted by molar-refractivity contribution is -0.137. The molecule has 2 atom stereocenters. The van der Waals surface area contributed by atoms with Gasteiger partial charge < -0.3 is 4.74 Å². The van der Waals surface area contributed by atoms with E-state index in [-0.39, 0.29) is 11.7 Å². The van der Waals surface area contributed by atoms with Crippen LogP contribution in [-0.2, 0) is 23.8 Å². The molecule has 0 aromatic heterocycles. The second-order valence-corrected chi connectivity index (χ2v) is 7.94. The second-order valence-electron chi connectivity index (χ2n) is 7.94. The van der Waals surface area contributed by atoms with Crippen molar-refractivity contribution in [3.63, 3.8) is 0 Å². The van der Waals surface area contributed by atoms with Crippen molar-refractivity contribution in [2.24, 2.45) is 5.92 Å². The van der Waals surface area contributed by atoms with Crippen molar-refractivity contribution in [2.45, 2.75) is 64.6 Å². The van der Waals surface area contributed by atoms with E-state index in [9.17, 15) is 18.0 Å². The van der Waals surface area contributed by atoms with Crippen LogP contribution >= 0.6 is 0 Å². The Morgan fingerprint density at radius 2 is 1.75 bits per heavy atom. The van der Waals surface area contributed by atoms with E-state index in [1.54, 1.807) is 0 Å². The standard InChI is InChI=1S/C22H30F3NO2/c1-3-15-11-18(22(23,24)25)12-16(4-2)21(15)20(27)13-17-14-28-10-7-19(17)26-8-5-6-9-26/h11-12,17,19H,3-10,13-14H2,1-2H3/t17-,19-/m1/s1. The van der Waals surface area contributed by atoms with Gasteiger partial charge in [0.05, 0.1) is 12.2 Å². The molecule has 156 valence electrons. The van der Waals surface area contributed by atoms with Crippen LogP contribution in [0.15, 0.2) is 12.1 Å². The first-order chi connectivity index (χ1) is 13.3. The summed E-state index contributed by atoms with van der Waals surface area (Å²) in [6, 6.07) is 2.65. The molecule has 0 radical (unpaired) electrons. The third-order valence-corrected chi connectivity index (χ3v) is 6.16. The minimum Gasteiger partial charge on any atom is -0.381 e. The molecule has 3 nitrogen and oxygen atoms in total. The van der Waals surface area contributed by atoms with Crippen LogP contribution in [0, 0.1) is 5.92 Å². The highest BCUT2D eigenvalue weighted by molar-refractivity contribution is 5.99. The number of ketones is 1. The van der Waals surface area contributed by atoms with E-state index in [0.29, 0.717) is 55.2 Å². The number of hydrogen-bond acceptors (Lipinski definition) is 3. The summed E-state index contributed by atoms with van der Waals surface area (Å²) in [7, 11) is 0. The highest BCUT2D eigenvalue weighted by Gasteiger charge is 2.36. The van der Waals surface area contributed by atoms with Gasteiger partial charge in [-0.05, 0) is 68.5 Å². The number of benzene rings is 1. The zero-order chi connectivity index (χ0) is 20.3. The monoisotopic (exact) mass is 397 g/mol. The molecular formula is C22H30F3NO2. The fourth-order valence-electron chi connectivity index (χ4n) is 4.72. The Balaban J connectivity index is 1.86. The van der Waals surface area contributed by atoms with E-state index in [1.807, 2.05) is 13.8 Å². The van der Waals surface area contributed by atoms with Gasteiger partial charge in [-0.25, -0.2) is 0 Å². The molecule has 2 heterocycles. The minimum atomic E-state index is -4.40. The lowest BCUT2D eigenvalue weighted by Gasteiger charge is -2.37. The van der Waals surface area contributed by atoms with Crippen LogP contribution in [-0.4, -0.2) is 43.0 Å². The van der Waals surface area contributed by atoms with Crippen molar-refractivity contribution in [3.05, 3.63) is 34.4 Å². The van der Waals surface area contributed by atoms with Gasteiger partial charge in [-0.2, -0.15) is 13.2 Å². The first-order valence-corrected chi connectivity index (χ1v) is 10.4. The average molecular weight is 397 g/mol. The molecule has 0 saturated carbocycles. The average Bonchev–Trinajstić information content (AvgIpc) is 3.21. The molecule has 0 bridgehead atoms. The van der Waals surface area contributed by atoms with E-state index < -0.39 is 11.7 Å². The van der Waals surface area contributed by atoms with Crippen molar-refractivity contribution >= 4 is 5.78 Å². The topological polar surface area (TPSA) is 29.5 Å². The fraction of sp³-hybridized carbons (Fsp3) is 0.682. The van der Waals surface area contributed by atoms with Crippen LogP contribution in [0.5, 0.6) is 0 Å². The number of Topliss-reactive ketones (excluding diaryl/α,β-unsaturated/α-hetero) is 1. The smallest absolute Gasteiger partial charge is 0.381 e. The quantitative estimate of drug-likeness (QED) is 0.639. The first-order valence-electron chi connectivity index (χ1n) is 10.4. The first kappa shape index (κ1) is 21.3. The number of rotatable bonds is 6. The molecule has 2 aliphatic heterocycles. The molecule has 2 aliphatic rings. The largest absolute Gasteiger partial charge is 0.416 e. The van der Waals surface area contributed by atoms with E-state index in [1.165, 1.54) is 12.8 Å². The zero-order valence-electron chi connectivity index (χ0n) is 16.8. The van der Waals surface area contributed by atoms with Crippen molar-refractivity contribution in [1.29, 1.82) is 0 Å². The molecule has 0 N–H and O–H groups in total. The Kier molecular flexibility index (Phi) is 6.81. The number of aryl methyl sites for hydroxylation is 2. The Morgan fingerprint density at radius 1 is 1.14 bits per heavy atom. The number of nitrogens with zero attached hydrogens (tertiary/aromatic N) is 1. The normalized spacial score (nSPS) is 23.9. The van der Waals surface area contributed by atoms with Gasteiger partial charge in [-0.15, -0.1) is 0 Å². The highest BCUT2D eigenvalue weighted by Crippen LogP contribution is 2.34. The van der Waals surface area contributed by atoms with Crippen molar-refractivity contribution < 1.29 is 22.7 Å². The minimum absolute atomic E-state index is 0.0397. The SMILES string of the molecule is CCc1cc(C(F)(F)F)cc(CC)c1C(=O)C[C@@H]1COCC[C@H]1N1CCCC1. The summed E-state index contributed by atoms with van der Waals surface area (Å²) in [5.41, 5.74) is 0.856. The second kappa shape index (κ2) is 8.95. The maximum atomic E-state index is 13.2. The molecular weight excluding hydrogens is 367 g/mol. The summed E-state index contributed by atoms with van der Waals surface area (Å²) < 4.78 is 45.4. The molecule has 6 heteroatoms. The van der Waals surface area contributed by atoms with Gasteiger partial charge in [0.1, 0.15) is 0 Å². The van der Waals surface area contributed by atoms with Gasteiger partial charge in [0.15, 0.2) is 5.78 Å². The molecule has 0 amide bonds. The Hall–Kier alpha value is -1.40. The molecule has 28 heavy (non-hydrogen) atoms. The molecule has 0 unspecified atom stereocenters. The summed E-state index contributed by atoms with van der Waals surface area (Å²) in [5, 5.41) is 0. The van der Waals surface area contributed by atoms with Gasteiger partial charge in [0.2, 0.25) is 0 Å². The summed E-state index contributed by atoms with van der Waals surface area (Å²) >= 11 is 0. The summed E-state index contributed by atoms with van der Waals surface area (Å²) in [6.45, 7) is 7.01. The Bertz CT molecular complexity index is 671. The van der Waals surface area contributed by atoms with Crippen LogP contribution in [0.3, 0.4) is 0 Å². The molecule has 2 fully saturated rings. The number of ether oxygens (including phenoxy) is 1. The lowest BCUT2D eigenvalue weighted by atomic mass is 9.84. The van der Waals surface area contributed by atoms with Gasteiger partial charge in [0.25, 0.3) is 0 Å². The van der Waals surface area contributed by atoms with Crippen LogP contribution in [0.2, 0.25) is 0 Å². The molecule has 3 rings (SSSR count). The highest BCUT2D eigenvalue weighted by atomic mass is 19.4. The van der Waals surface area contributed by atoms with E-state index >= 15 is 0 Å². The van der Waals surface area contributed by atoms with Crippen LogP contribution < -0.4 is 0 Å². The molecule has 2 saturated heterocycles. The van der Waals surface area contributed by atoms with Crippen molar-refractivity contribution in [3.8, 4) is 0 Å². The van der Waals surface area contributed by atoms with E-state index in [0.717, 1.165) is 31.6 Å². The third kappa shape index (κ3) is 4.60. The van der Waals surface area contributed by atoms with Gasteiger partial charge in [-0.1, -0.05) is 13.8 Å². The fourth-order valence-corrected chi connectivity index (χ4v) is 4.72. The molecule has 1 aromatic carbocycles. The predicted molar refractivity (Wildman–Crippen MR) is 103 cm³/mol. The van der Waals surface area contributed by atoms with E-state index in [4.69, 9.17) is 4.74 Å². The maximum absolute atomic E-state index is 13.2. The number of likely N-dealkylation sites (tertiary alicyclic amines) is 1. The van der Waals surface area contributed by atoms with Crippen LogP contribution in [0.4, 0.5) is 13.2 Å². The van der Waals surface area contributed by atoms with Crippen molar-refractivity contribution in [2.75, 3.05) is 26.3 Å². The molecule has 0 spiro atoms. The van der Waals surface area contributed by atoms with Gasteiger partial charge in [0, 0.05) is 30.6 Å². The number of halogens is 3. The Labute approximate surface area is 165 Å². The van der Waals surface area contributed by atoms with Crippen molar-refractivity contribution in [1.82, 2.24) is 4.90 Å². The zero-order valence-corrected chi connectivity index (χ0v) is 16.8. The number of carbonyl (C=O) groups excluding carboxylic acids is 1. The lowest BCUT2D eigenvalue weighted by Crippen LogP contribution is -2.45. The maximum Gasteiger partial charge on any atom is 0.416 e. The number of hydrogen-bond donors (Lipinski definition) is 0. The van der Waals surface area contributed by atoms with Gasteiger partial charge in [-0.3, -0.25) is 9.69 Å². The summed E-state index contributed by atoms with van der Waals surface area (Å²) in [6.07, 6.45) is 0.0729. The third-order valence-electron chi connectivity index (χ3n) is 6.16. The molecule has 1 aromatic rings. The van der Waals surface area contributed by atoms with E-state index in [2.05, 4.69) is 4.90 Å². The number of carbonyl (C=O) groups is 1. The summed E-state index contributed by atoms with van der Waals surface area (Å²) in [4.78, 5) is 15.7. The van der Waals surface area contributed by atoms with Crippen LogP contribution in [0.1, 0.15) is 66.6 Å². The van der Waals surface area contributed by atoms with Crippen LogP contribution in [0.25, 0.3) is 0 Å². The van der Waals surface area contributed by atoms with Gasteiger partial charge >= 0.3 is 6.18 Å². The predicted octanol–water partition coefficient (Wildman–Crippen LogP) is 4.90. The molecule has 0 aliphatic carbocycles.